The van der Waals surface area contributed by atoms with Gasteiger partial charge in [0.05, 0.1) is 6.04 Å². The molecule has 0 bridgehead atoms. The highest BCUT2D eigenvalue weighted by atomic mass is 16.2. The minimum atomic E-state index is 0.0751. The molecule has 0 aromatic carbocycles. The highest BCUT2D eigenvalue weighted by Crippen LogP contribution is 2.15. The van der Waals surface area contributed by atoms with Crippen molar-refractivity contribution >= 4 is 5.91 Å². The predicted molar refractivity (Wildman–Crippen MR) is 55.9 cm³/mol. The van der Waals surface area contributed by atoms with Gasteiger partial charge < -0.3 is 10.2 Å². The van der Waals surface area contributed by atoms with Crippen molar-refractivity contribution in [3.05, 3.63) is 12.2 Å². The van der Waals surface area contributed by atoms with Crippen LogP contribution in [0.15, 0.2) is 12.2 Å². The summed E-state index contributed by atoms with van der Waals surface area (Å²) in [7, 11) is 0. The van der Waals surface area contributed by atoms with E-state index in [1.165, 1.54) is 6.42 Å². The van der Waals surface area contributed by atoms with Gasteiger partial charge in [0.2, 0.25) is 5.91 Å². The van der Waals surface area contributed by atoms with Crippen molar-refractivity contribution in [2.75, 3.05) is 19.6 Å². The van der Waals surface area contributed by atoms with Crippen molar-refractivity contribution in [2.24, 2.45) is 5.92 Å². The minimum absolute atomic E-state index is 0.0751. The van der Waals surface area contributed by atoms with Crippen LogP contribution in [0, 0.1) is 5.92 Å². The van der Waals surface area contributed by atoms with E-state index in [2.05, 4.69) is 24.4 Å². The number of nitrogens with one attached hydrogen (secondary N) is 1. The van der Waals surface area contributed by atoms with Gasteiger partial charge in [0.15, 0.2) is 0 Å². The Balaban J connectivity index is 1.85. The molecule has 1 fully saturated rings. The second kappa shape index (κ2) is 4.13. The molecule has 1 amide bonds. The van der Waals surface area contributed by atoms with E-state index < -0.39 is 0 Å². The van der Waals surface area contributed by atoms with Crippen LogP contribution in [0.25, 0.3) is 0 Å². The lowest BCUT2D eigenvalue weighted by Crippen LogP contribution is -2.49. The second-order valence-corrected chi connectivity index (χ2v) is 4.36. The molecule has 14 heavy (non-hydrogen) atoms. The van der Waals surface area contributed by atoms with Crippen molar-refractivity contribution in [1.82, 2.24) is 10.2 Å². The van der Waals surface area contributed by atoms with E-state index in [0.29, 0.717) is 0 Å². The third-order valence-corrected chi connectivity index (χ3v) is 3.09. The summed E-state index contributed by atoms with van der Waals surface area (Å²) in [6.07, 6.45) is 6.29. The predicted octanol–water partition coefficient (Wildman–Crippen LogP) is 0.773. The SMILES string of the molecule is CC1CCC(C(=O)N2CC=CC2)NC1. The van der Waals surface area contributed by atoms with Gasteiger partial charge in [0.1, 0.15) is 0 Å². The molecule has 3 nitrogen and oxygen atoms in total. The lowest BCUT2D eigenvalue weighted by molar-refractivity contribution is -0.132. The van der Waals surface area contributed by atoms with Crippen LogP contribution in [-0.2, 0) is 4.79 Å². The molecular weight excluding hydrogens is 176 g/mol. The van der Waals surface area contributed by atoms with E-state index in [9.17, 15) is 4.79 Å². The Morgan fingerprint density at radius 1 is 1.36 bits per heavy atom. The molecule has 0 saturated carbocycles. The van der Waals surface area contributed by atoms with Gasteiger partial charge in [-0.1, -0.05) is 19.1 Å². The average Bonchev–Trinajstić information content (AvgIpc) is 2.71. The van der Waals surface area contributed by atoms with Gasteiger partial charge in [0.25, 0.3) is 0 Å². The van der Waals surface area contributed by atoms with E-state index in [4.69, 9.17) is 0 Å². The lowest BCUT2D eigenvalue weighted by Gasteiger charge is -2.29. The normalized spacial score (nSPS) is 32.2. The molecule has 2 aliphatic rings. The standard InChI is InChI=1S/C11H18N2O/c1-9-4-5-10(12-8-9)11(14)13-6-2-3-7-13/h2-3,9-10,12H,4-8H2,1H3. The zero-order valence-electron chi connectivity index (χ0n) is 8.70. The third kappa shape index (κ3) is 1.98. The zero-order valence-corrected chi connectivity index (χ0v) is 8.70. The number of hydrogen-bond donors (Lipinski definition) is 1. The summed E-state index contributed by atoms with van der Waals surface area (Å²) in [4.78, 5) is 13.8. The summed E-state index contributed by atoms with van der Waals surface area (Å²) >= 11 is 0. The molecular formula is C11H18N2O. The first-order chi connectivity index (χ1) is 6.77. The van der Waals surface area contributed by atoms with Gasteiger partial charge in [-0.05, 0) is 25.3 Å². The molecule has 0 aromatic heterocycles. The Morgan fingerprint density at radius 3 is 2.64 bits per heavy atom. The monoisotopic (exact) mass is 194 g/mol. The maximum Gasteiger partial charge on any atom is 0.240 e. The van der Waals surface area contributed by atoms with Crippen LogP contribution < -0.4 is 5.32 Å². The van der Waals surface area contributed by atoms with E-state index >= 15 is 0 Å². The first kappa shape index (κ1) is 9.71. The summed E-state index contributed by atoms with van der Waals surface area (Å²) in [5.74, 6) is 0.998. The number of rotatable bonds is 1. The van der Waals surface area contributed by atoms with Crippen molar-refractivity contribution in [3.8, 4) is 0 Å². The van der Waals surface area contributed by atoms with Crippen molar-refractivity contribution < 1.29 is 4.79 Å². The van der Waals surface area contributed by atoms with Crippen LogP contribution in [0.2, 0.25) is 0 Å². The summed E-state index contributed by atoms with van der Waals surface area (Å²) in [6.45, 7) is 4.81. The number of hydrogen-bond acceptors (Lipinski definition) is 2. The van der Waals surface area contributed by atoms with Gasteiger partial charge in [-0.2, -0.15) is 0 Å². The Hall–Kier alpha value is -0.830. The van der Waals surface area contributed by atoms with Crippen LogP contribution in [0.1, 0.15) is 19.8 Å². The van der Waals surface area contributed by atoms with Crippen LogP contribution in [0.3, 0.4) is 0 Å². The molecule has 2 aliphatic heterocycles. The Labute approximate surface area is 85.2 Å². The van der Waals surface area contributed by atoms with Gasteiger partial charge in [-0.15, -0.1) is 0 Å². The molecule has 78 valence electrons. The second-order valence-electron chi connectivity index (χ2n) is 4.36. The molecule has 3 heteroatoms. The molecule has 0 aliphatic carbocycles. The maximum atomic E-state index is 11.9. The molecule has 1 N–H and O–H groups in total. The lowest BCUT2D eigenvalue weighted by atomic mass is 9.96. The number of carbonyl (C=O) groups is 1. The Bertz CT molecular complexity index is 234. The quantitative estimate of drug-likeness (QED) is 0.625. The molecule has 2 atom stereocenters. The smallest absolute Gasteiger partial charge is 0.240 e. The first-order valence-corrected chi connectivity index (χ1v) is 5.44. The van der Waals surface area contributed by atoms with Crippen LogP contribution in [-0.4, -0.2) is 36.5 Å². The Morgan fingerprint density at radius 2 is 2.07 bits per heavy atom. The number of amides is 1. The number of carbonyl (C=O) groups excluding carboxylic acids is 1. The summed E-state index contributed by atoms with van der Waals surface area (Å²) in [5, 5.41) is 3.33. The van der Waals surface area contributed by atoms with E-state index in [0.717, 1.165) is 32.0 Å². The molecule has 0 aromatic rings. The first-order valence-electron chi connectivity index (χ1n) is 5.44. The Kier molecular flexibility index (Phi) is 2.87. The number of nitrogens with zero attached hydrogens (tertiary/aromatic N) is 1. The molecule has 2 heterocycles. The van der Waals surface area contributed by atoms with Crippen LogP contribution in [0.5, 0.6) is 0 Å². The van der Waals surface area contributed by atoms with Gasteiger partial charge in [0, 0.05) is 13.1 Å². The van der Waals surface area contributed by atoms with Gasteiger partial charge >= 0.3 is 0 Å². The van der Waals surface area contributed by atoms with Crippen molar-refractivity contribution in [1.29, 1.82) is 0 Å². The molecule has 0 radical (unpaired) electrons. The fourth-order valence-electron chi connectivity index (χ4n) is 2.09. The molecule has 0 spiro atoms. The van der Waals surface area contributed by atoms with Crippen LogP contribution in [0.4, 0.5) is 0 Å². The van der Waals surface area contributed by atoms with Crippen molar-refractivity contribution in [3.63, 3.8) is 0 Å². The summed E-state index contributed by atoms with van der Waals surface area (Å²) in [6, 6.07) is 0.0751. The molecule has 2 unspecified atom stereocenters. The van der Waals surface area contributed by atoms with Gasteiger partial charge in [-0.3, -0.25) is 4.79 Å². The fourth-order valence-corrected chi connectivity index (χ4v) is 2.09. The largest absolute Gasteiger partial charge is 0.334 e. The molecule has 1 saturated heterocycles. The van der Waals surface area contributed by atoms with Crippen molar-refractivity contribution in [2.45, 2.75) is 25.8 Å². The number of piperidine rings is 1. The third-order valence-electron chi connectivity index (χ3n) is 3.09. The van der Waals surface area contributed by atoms with E-state index in [1.54, 1.807) is 0 Å². The average molecular weight is 194 g/mol. The van der Waals surface area contributed by atoms with Gasteiger partial charge in [-0.25, -0.2) is 0 Å². The van der Waals surface area contributed by atoms with E-state index in [1.807, 2.05) is 4.90 Å². The molecule has 2 rings (SSSR count). The minimum Gasteiger partial charge on any atom is -0.334 e. The van der Waals surface area contributed by atoms with Crippen LogP contribution >= 0.6 is 0 Å². The summed E-state index contributed by atoms with van der Waals surface area (Å²) < 4.78 is 0. The zero-order chi connectivity index (χ0) is 9.97. The topological polar surface area (TPSA) is 32.3 Å². The van der Waals surface area contributed by atoms with E-state index in [-0.39, 0.29) is 11.9 Å². The highest BCUT2D eigenvalue weighted by molar-refractivity contribution is 5.82. The fraction of sp³-hybridized carbons (Fsp3) is 0.727. The highest BCUT2D eigenvalue weighted by Gasteiger charge is 2.27. The maximum absolute atomic E-state index is 11.9. The summed E-state index contributed by atoms with van der Waals surface area (Å²) in [5.41, 5.74) is 0.